The molecule has 0 aliphatic heterocycles. The number of nitrogens with zero attached hydrogens (tertiary/aromatic N) is 2. The molecular formula is C11H15N3O3. The first kappa shape index (κ1) is 13.1. The van der Waals surface area contributed by atoms with Crippen LogP contribution < -0.4 is 5.32 Å². The van der Waals surface area contributed by atoms with Crippen LogP contribution in [0.3, 0.4) is 0 Å². The molecule has 6 nitrogen and oxygen atoms in total. The van der Waals surface area contributed by atoms with Gasteiger partial charge >= 0.3 is 5.97 Å². The van der Waals surface area contributed by atoms with Crippen LogP contribution in [0, 0.1) is 6.92 Å². The molecule has 0 aromatic carbocycles. The largest absolute Gasteiger partial charge is 0.466 e. The van der Waals surface area contributed by atoms with Crippen molar-refractivity contribution in [1.82, 2.24) is 15.3 Å². The number of ether oxygens (including phenoxy) is 1. The molecule has 0 radical (unpaired) electrons. The fraction of sp³-hybridized carbons (Fsp3) is 0.455. The highest BCUT2D eigenvalue weighted by molar-refractivity contribution is 5.92. The molecule has 0 aliphatic rings. The Morgan fingerprint density at radius 1 is 1.35 bits per heavy atom. The summed E-state index contributed by atoms with van der Waals surface area (Å²) >= 11 is 0. The van der Waals surface area contributed by atoms with Crippen LogP contribution in [-0.4, -0.2) is 35.0 Å². The van der Waals surface area contributed by atoms with E-state index in [1.165, 1.54) is 12.4 Å². The van der Waals surface area contributed by atoms with Gasteiger partial charge in [0.1, 0.15) is 5.69 Å². The highest BCUT2D eigenvalue weighted by atomic mass is 16.5. The molecule has 0 spiro atoms. The molecule has 6 heteroatoms. The van der Waals surface area contributed by atoms with E-state index in [2.05, 4.69) is 15.3 Å². The smallest absolute Gasteiger partial charge is 0.307 e. The van der Waals surface area contributed by atoms with Gasteiger partial charge in [0, 0.05) is 12.7 Å². The summed E-state index contributed by atoms with van der Waals surface area (Å²) < 4.78 is 4.73. The Labute approximate surface area is 99.4 Å². The minimum atomic E-state index is -0.346. The average molecular weight is 237 g/mol. The molecular weight excluding hydrogens is 222 g/mol. The average Bonchev–Trinajstić information content (AvgIpc) is 2.30. The standard InChI is InChI=1S/C11H15N3O3/c1-3-17-10(15)4-5-12-11(16)9-7-13-8(2)6-14-9/h6-7H,3-5H2,1-2H3,(H,12,16). The van der Waals surface area contributed by atoms with E-state index in [0.717, 1.165) is 5.69 Å². The van der Waals surface area contributed by atoms with Crippen LogP contribution in [0.5, 0.6) is 0 Å². The zero-order valence-corrected chi connectivity index (χ0v) is 9.90. The zero-order chi connectivity index (χ0) is 12.7. The van der Waals surface area contributed by atoms with Gasteiger partial charge in [-0.3, -0.25) is 14.6 Å². The third kappa shape index (κ3) is 4.58. The molecule has 1 N–H and O–H groups in total. The lowest BCUT2D eigenvalue weighted by atomic mass is 10.3. The molecule has 1 rings (SSSR count). The van der Waals surface area contributed by atoms with Gasteiger partial charge in [-0.1, -0.05) is 0 Å². The van der Waals surface area contributed by atoms with Crippen molar-refractivity contribution in [3.05, 3.63) is 23.8 Å². The monoisotopic (exact) mass is 237 g/mol. The van der Waals surface area contributed by atoms with Crippen LogP contribution in [0.2, 0.25) is 0 Å². The molecule has 0 saturated carbocycles. The number of nitrogens with one attached hydrogen (secondary N) is 1. The fourth-order valence-electron chi connectivity index (χ4n) is 1.11. The van der Waals surface area contributed by atoms with E-state index in [1.807, 2.05) is 0 Å². The number of amides is 1. The molecule has 92 valence electrons. The van der Waals surface area contributed by atoms with Gasteiger partial charge in [-0.15, -0.1) is 0 Å². The van der Waals surface area contributed by atoms with E-state index < -0.39 is 0 Å². The van der Waals surface area contributed by atoms with Crippen molar-refractivity contribution in [3.63, 3.8) is 0 Å². The molecule has 0 saturated heterocycles. The van der Waals surface area contributed by atoms with Gasteiger partial charge < -0.3 is 10.1 Å². The Hall–Kier alpha value is -1.98. The van der Waals surface area contributed by atoms with Crippen molar-refractivity contribution in [3.8, 4) is 0 Å². The molecule has 1 aromatic heterocycles. The summed E-state index contributed by atoms with van der Waals surface area (Å²) in [6, 6.07) is 0. The first-order valence-electron chi connectivity index (χ1n) is 5.36. The summed E-state index contributed by atoms with van der Waals surface area (Å²) in [5, 5.41) is 2.57. The molecule has 0 atom stereocenters. The maximum Gasteiger partial charge on any atom is 0.307 e. The topological polar surface area (TPSA) is 81.2 Å². The van der Waals surface area contributed by atoms with Crippen molar-refractivity contribution in [2.75, 3.05) is 13.2 Å². The van der Waals surface area contributed by atoms with Crippen LogP contribution in [0.4, 0.5) is 0 Å². The first-order valence-corrected chi connectivity index (χ1v) is 5.36. The third-order valence-corrected chi connectivity index (χ3v) is 1.93. The van der Waals surface area contributed by atoms with Crippen LogP contribution in [0.1, 0.15) is 29.5 Å². The molecule has 0 aliphatic carbocycles. The Morgan fingerprint density at radius 3 is 2.71 bits per heavy atom. The molecule has 1 amide bonds. The summed E-state index contributed by atoms with van der Waals surface area (Å²) in [6.45, 7) is 4.09. The Morgan fingerprint density at radius 2 is 2.12 bits per heavy atom. The van der Waals surface area contributed by atoms with Crippen molar-refractivity contribution >= 4 is 11.9 Å². The van der Waals surface area contributed by atoms with Gasteiger partial charge in [0.2, 0.25) is 0 Å². The maximum absolute atomic E-state index is 11.5. The van der Waals surface area contributed by atoms with Crippen LogP contribution in [-0.2, 0) is 9.53 Å². The Kier molecular flexibility index (Phi) is 5.06. The van der Waals surface area contributed by atoms with Gasteiger partial charge in [-0.2, -0.15) is 0 Å². The van der Waals surface area contributed by atoms with Crippen LogP contribution in [0.15, 0.2) is 12.4 Å². The van der Waals surface area contributed by atoms with Gasteiger partial charge in [-0.25, -0.2) is 4.98 Å². The number of rotatable bonds is 5. The molecule has 1 aromatic rings. The van der Waals surface area contributed by atoms with E-state index in [1.54, 1.807) is 13.8 Å². The lowest BCUT2D eigenvalue weighted by molar-refractivity contribution is -0.142. The number of hydrogen-bond donors (Lipinski definition) is 1. The second-order valence-electron chi connectivity index (χ2n) is 3.35. The lowest BCUT2D eigenvalue weighted by Crippen LogP contribution is -2.27. The minimum absolute atomic E-state index is 0.152. The lowest BCUT2D eigenvalue weighted by Gasteiger charge is -2.04. The second kappa shape index (κ2) is 6.57. The van der Waals surface area contributed by atoms with Crippen LogP contribution in [0.25, 0.3) is 0 Å². The van der Waals surface area contributed by atoms with Gasteiger partial charge in [0.25, 0.3) is 5.91 Å². The molecule has 0 bridgehead atoms. The summed E-state index contributed by atoms with van der Waals surface area (Å²) in [5.41, 5.74) is 0.979. The molecule has 0 fully saturated rings. The first-order chi connectivity index (χ1) is 8.13. The number of hydrogen-bond acceptors (Lipinski definition) is 5. The number of carbonyl (C=O) groups is 2. The highest BCUT2D eigenvalue weighted by Crippen LogP contribution is 1.94. The molecule has 1 heterocycles. The highest BCUT2D eigenvalue weighted by Gasteiger charge is 2.08. The summed E-state index contributed by atoms with van der Waals surface area (Å²) in [5.74, 6) is -0.676. The SMILES string of the molecule is CCOC(=O)CCNC(=O)c1cnc(C)cn1. The van der Waals surface area contributed by atoms with E-state index in [0.29, 0.717) is 6.61 Å². The van der Waals surface area contributed by atoms with E-state index >= 15 is 0 Å². The summed E-state index contributed by atoms with van der Waals surface area (Å²) in [6.07, 6.45) is 3.06. The van der Waals surface area contributed by atoms with Gasteiger partial charge in [0.05, 0.1) is 24.9 Å². The van der Waals surface area contributed by atoms with E-state index in [-0.39, 0.29) is 30.5 Å². The van der Waals surface area contributed by atoms with Gasteiger partial charge in [0.15, 0.2) is 0 Å². The molecule has 17 heavy (non-hydrogen) atoms. The third-order valence-electron chi connectivity index (χ3n) is 1.93. The zero-order valence-electron chi connectivity index (χ0n) is 9.90. The van der Waals surface area contributed by atoms with E-state index in [9.17, 15) is 9.59 Å². The van der Waals surface area contributed by atoms with Crippen LogP contribution >= 0.6 is 0 Å². The fourth-order valence-corrected chi connectivity index (χ4v) is 1.11. The predicted molar refractivity (Wildman–Crippen MR) is 60.4 cm³/mol. The predicted octanol–water partition coefficient (Wildman–Crippen LogP) is 0.468. The normalized spacial score (nSPS) is 9.76. The van der Waals surface area contributed by atoms with Crippen molar-refractivity contribution in [2.45, 2.75) is 20.3 Å². The second-order valence-corrected chi connectivity index (χ2v) is 3.35. The summed E-state index contributed by atoms with van der Waals surface area (Å²) in [7, 11) is 0. The van der Waals surface area contributed by atoms with Crippen molar-refractivity contribution in [2.24, 2.45) is 0 Å². The number of aromatic nitrogens is 2. The minimum Gasteiger partial charge on any atom is -0.466 e. The maximum atomic E-state index is 11.5. The molecule has 0 unspecified atom stereocenters. The quantitative estimate of drug-likeness (QED) is 0.753. The van der Waals surface area contributed by atoms with E-state index in [4.69, 9.17) is 4.74 Å². The summed E-state index contributed by atoms with van der Waals surface area (Å²) in [4.78, 5) is 30.4. The van der Waals surface area contributed by atoms with Gasteiger partial charge in [-0.05, 0) is 13.8 Å². The number of esters is 1. The Balaban J connectivity index is 2.35. The number of aryl methyl sites for hydroxylation is 1. The number of carbonyl (C=O) groups excluding carboxylic acids is 2. The Bertz CT molecular complexity index is 389. The van der Waals surface area contributed by atoms with Crippen molar-refractivity contribution in [1.29, 1.82) is 0 Å². The van der Waals surface area contributed by atoms with Crippen molar-refractivity contribution < 1.29 is 14.3 Å².